The number of halogens is 1. The average molecular weight is 411 g/mol. The smallest absolute Gasteiger partial charge is 0.271 e. The minimum absolute atomic E-state index is 0.0397. The first-order chi connectivity index (χ1) is 12.6. The summed E-state index contributed by atoms with van der Waals surface area (Å²) < 4.78 is 2.65. The molecule has 0 fully saturated rings. The molecule has 0 atom stereocenters. The highest BCUT2D eigenvalue weighted by atomic mass is 79.9. The van der Waals surface area contributed by atoms with E-state index in [1.807, 2.05) is 24.3 Å². The summed E-state index contributed by atoms with van der Waals surface area (Å²) in [5, 5.41) is 4.52. The number of hydrazone groups is 1. The molecule has 6 nitrogen and oxygen atoms in total. The average Bonchev–Trinajstić information content (AvgIpc) is 3.10. The van der Waals surface area contributed by atoms with Crippen LogP contribution >= 0.6 is 15.9 Å². The Morgan fingerprint density at radius 3 is 3.00 bits per heavy atom. The van der Waals surface area contributed by atoms with Gasteiger partial charge < -0.3 is 0 Å². The fourth-order valence-corrected chi connectivity index (χ4v) is 3.46. The van der Waals surface area contributed by atoms with Crippen LogP contribution in [0.2, 0.25) is 0 Å². The topological polar surface area (TPSA) is 76.3 Å². The van der Waals surface area contributed by atoms with Crippen LogP contribution in [0.1, 0.15) is 28.2 Å². The number of benzene rings is 2. The van der Waals surface area contributed by atoms with Gasteiger partial charge in [-0.15, -0.1) is 0 Å². The van der Waals surface area contributed by atoms with Gasteiger partial charge in [-0.3, -0.25) is 14.2 Å². The number of nitrogens with zero attached hydrogens (tertiary/aromatic N) is 3. The Labute approximate surface area is 157 Å². The van der Waals surface area contributed by atoms with Crippen LogP contribution in [0.3, 0.4) is 0 Å². The molecule has 1 N–H and O–H groups in total. The minimum Gasteiger partial charge on any atom is -0.296 e. The van der Waals surface area contributed by atoms with Crippen molar-refractivity contribution < 1.29 is 4.79 Å². The van der Waals surface area contributed by atoms with Crippen molar-refractivity contribution in [1.82, 2.24) is 15.0 Å². The Morgan fingerprint density at radius 2 is 2.15 bits per heavy atom. The van der Waals surface area contributed by atoms with Crippen molar-refractivity contribution in [3.05, 3.63) is 74.2 Å². The lowest BCUT2D eigenvalue weighted by atomic mass is 10.1. The molecule has 0 bridgehead atoms. The predicted octanol–water partition coefficient (Wildman–Crippen LogP) is 2.87. The molecule has 0 spiro atoms. The fraction of sp³-hybridized carbons (Fsp3) is 0.158. The third kappa shape index (κ3) is 3.17. The molecule has 4 rings (SSSR count). The summed E-state index contributed by atoms with van der Waals surface area (Å²) in [5.74, 6) is 0.438. The number of amides is 1. The van der Waals surface area contributed by atoms with Crippen LogP contribution in [0.25, 0.3) is 10.9 Å². The zero-order valence-electron chi connectivity index (χ0n) is 13.8. The number of carbonyl (C=O) groups is 1. The first-order valence-electron chi connectivity index (χ1n) is 8.24. The van der Waals surface area contributed by atoms with Crippen molar-refractivity contribution in [3.63, 3.8) is 0 Å². The van der Waals surface area contributed by atoms with Gasteiger partial charge in [-0.05, 0) is 42.3 Å². The largest absolute Gasteiger partial charge is 0.296 e. The van der Waals surface area contributed by atoms with Crippen molar-refractivity contribution in [1.29, 1.82) is 0 Å². The van der Waals surface area contributed by atoms with E-state index in [-0.39, 0.29) is 11.5 Å². The second-order valence-electron chi connectivity index (χ2n) is 6.07. The standard InChI is InChI=1S/C19H15BrN4O2/c20-14-4-1-3-12(9-14)11-21-23-18(25)13-6-7-15-16(10-13)22-17-5-2-8-24(17)19(15)26/h1,3-4,6-7,9-11H,2,5,8H2,(H,23,25)/b21-11-. The van der Waals surface area contributed by atoms with E-state index < -0.39 is 0 Å². The van der Waals surface area contributed by atoms with Gasteiger partial charge in [0.25, 0.3) is 11.5 Å². The third-order valence-corrected chi connectivity index (χ3v) is 4.80. The molecule has 0 saturated heterocycles. The van der Waals surface area contributed by atoms with Gasteiger partial charge in [-0.2, -0.15) is 5.10 Å². The summed E-state index contributed by atoms with van der Waals surface area (Å²) in [6.45, 7) is 0.712. The monoisotopic (exact) mass is 410 g/mol. The van der Waals surface area contributed by atoms with Crippen LogP contribution in [0.15, 0.2) is 56.8 Å². The van der Waals surface area contributed by atoms with Gasteiger partial charge in [-0.25, -0.2) is 10.4 Å². The number of hydrogen-bond acceptors (Lipinski definition) is 4. The lowest BCUT2D eigenvalue weighted by Crippen LogP contribution is -2.22. The van der Waals surface area contributed by atoms with Crippen LogP contribution in [0.5, 0.6) is 0 Å². The Kier molecular flexibility index (Phi) is 4.38. The van der Waals surface area contributed by atoms with E-state index in [1.165, 1.54) is 0 Å². The fourth-order valence-electron chi connectivity index (χ4n) is 3.04. The molecule has 1 amide bonds. The summed E-state index contributed by atoms with van der Waals surface area (Å²) >= 11 is 3.39. The Morgan fingerprint density at radius 1 is 1.27 bits per heavy atom. The summed E-state index contributed by atoms with van der Waals surface area (Å²) in [7, 11) is 0. The molecule has 0 saturated carbocycles. The third-order valence-electron chi connectivity index (χ3n) is 4.31. The molecule has 2 aromatic carbocycles. The molecule has 3 aromatic rings. The number of aryl methyl sites for hydroxylation is 1. The number of hydrogen-bond donors (Lipinski definition) is 1. The van der Waals surface area contributed by atoms with Crippen molar-refractivity contribution in [3.8, 4) is 0 Å². The van der Waals surface area contributed by atoms with Gasteiger partial charge in [-0.1, -0.05) is 28.1 Å². The van der Waals surface area contributed by atoms with E-state index >= 15 is 0 Å². The summed E-state index contributed by atoms with van der Waals surface area (Å²) in [6, 6.07) is 12.5. The van der Waals surface area contributed by atoms with Gasteiger partial charge in [0.1, 0.15) is 5.82 Å². The highest BCUT2D eigenvalue weighted by Crippen LogP contribution is 2.16. The Hall–Kier alpha value is -2.80. The molecule has 0 unspecified atom stereocenters. The van der Waals surface area contributed by atoms with Crippen LogP contribution in [0, 0.1) is 0 Å². The molecular formula is C19H15BrN4O2. The van der Waals surface area contributed by atoms with Gasteiger partial charge >= 0.3 is 0 Å². The molecule has 1 aliphatic heterocycles. The lowest BCUT2D eigenvalue weighted by Gasteiger charge is -2.06. The number of rotatable bonds is 3. The van der Waals surface area contributed by atoms with E-state index in [0.717, 1.165) is 28.7 Å². The maximum Gasteiger partial charge on any atom is 0.271 e. The van der Waals surface area contributed by atoms with E-state index in [9.17, 15) is 9.59 Å². The van der Waals surface area contributed by atoms with E-state index in [1.54, 1.807) is 29.0 Å². The summed E-state index contributed by atoms with van der Waals surface area (Å²) in [4.78, 5) is 29.3. The van der Waals surface area contributed by atoms with Crippen molar-refractivity contribution in [2.24, 2.45) is 5.10 Å². The first kappa shape index (κ1) is 16.7. The maximum atomic E-state index is 12.5. The van der Waals surface area contributed by atoms with Crippen molar-refractivity contribution in [2.75, 3.05) is 0 Å². The molecule has 26 heavy (non-hydrogen) atoms. The summed E-state index contributed by atoms with van der Waals surface area (Å²) in [5.41, 5.74) is 4.29. The lowest BCUT2D eigenvalue weighted by molar-refractivity contribution is 0.0955. The van der Waals surface area contributed by atoms with Gasteiger partial charge in [0.15, 0.2) is 0 Å². The molecule has 0 aliphatic carbocycles. The van der Waals surface area contributed by atoms with Gasteiger partial charge in [0.05, 0.1) is 17.1 Å². The van der Waals surface area contributed by atoms with Crippen molar-refractivity contribution >= 4 is 39.0 Å². The van der Waals surface area contributed by atoms with Crippen LogP contribution in [0.4, 0.5) is 0 Å². The zero-order valence-corrected chi connectivity index (χ0v) is 15.4. The number of nitrogens with one attached hydrogen (secondary N) is 1. The van der Waals surface area contributed by atoms with Gasteiger partial charge in [0.2, 0.25) is 0 Å². The second-order valence-corrected chi connectivity index (χ2v) is 6.99. The number of carbonyl (C=O) groups excluding carboxylic acids is 1. The molecule has 1 aromatic heterocycles. The van der Waals surface area contributed by atoms with Crippen molar-refractivity contribution in [2.45, 2.75) is 19.4 Å². The zero-order chi connectivity index (χ0) is 18.1. The van der Waals surface area contributed by atoms with E-state index in [0.29, 0.717) is 23.0 Å². The Balaban J connectivity index is 1.57. The molecule has 130 valence electrons. The van der Waals surface area contributed by atoms with Crippen LogP contribution in [-0.2, 0) is 13.0 Å². The number of fused-ring (bicyclic) bond motifs is 2. The summed E-state index contributed by atoms with van der Waals surface area (Å²) in [6.07, 6.45) is 3.29. The Bertz CT molecular complexity index is 1100. The minimum atomic E-state index is -0.347. The normalized spacial score (nSPS) is 13.3. The molecule has 0 radical (unpaired) electrons. The predicted molar refractivity (Wildman–Crippen MR) is 104 cm³/mol. The van der Waals surface area contributed by atoms with Crippen LogP contribution in [-0.4, -0.2) is 21.7 Å². The SMILES string of the molecule is O=C(N/N=C\c1cccc(Br)c1)c1ccc2c(=O)n3c(nc2c1)CCC3. The maximum absolute atomic E-state index is 12.5. The highest BCUT2D eigenvalue weighted by molar-refractivity contribution is 9.10. The number of aromatic nitrogens is 2. The van der Waals surface area contributed by atoms with E-state index in [4.69, 9.17) is 0 Å². The molecular weight excluding hydrogens is 396 g/mol. The quantitative estimate of drug-likeness (QED) is 0.532. The highest BCUT2D eigenvalue weighted by Gasteiger charge is 2.16. The van der Waals surface area contributed by atoms with Crippen LogP contribution < -0.4 is 11.0 Å². The molecule has 1 aliphatic rings. The molecule has 7 heteroatoms. The second kappa shape index (κ2) is 6.84. The molecule has 2 heterocycles. The first-order valence-corrected chi connectivity index (χ1v) is 9.03. The van der Waals surface area contributed by atoms with E-state index in [2.05, 4.69) is 31.4 Å². The van der Waals surface area contributed by atoms with Gasteiger partial charge in [0, 0.05) is 23.0 Å².